The van der Waals surface area contributed by atoms with E-state index in [0.29, 0.717) is 26.1 Å². The lowest BCUT2D eigenvalue weighted by atomic mass is 10.0. The standard InChI is InChI=1S/C27H36N4O4/c28-27(29)30-14-5-4-10-21-11-6-13-24(16-21)35-19-23-17-22(18-25(32)33)26(34)31(23)15-7-12-20-8-2-1-3-9-20/h1-3,6,8-9,11,13,16,22-23H,4-5,7,10,12,14-15,17-19H2,(H,32,33)(H4,28,29,30)/t22-,23-/m0/s1. The molecule has 0 aromatic heterocycles. The first kappa shape index (κ1) is 26.1. The van der Waals surface area contributed by atoms with Gasteiger partial charge in [-0.3, -0.25) is 15.0 Å². The van der Waals surface area contributed by atoms with Gasteiger partial charge in [0.05, 0.1) is 18.4 Å². The summed E-state index contributed by atoms with van der Waals surface area (Å²) in [6, 6.07) is 18.0. The summed E-state index contributed by atoms with van der Waals surface area (Å²) in [5, 5.41) is 19.2. The van der Waals surface area contributed by atoms with Gasteiger partial charge in [-0.15, -0.1) is 0 Å². The zero-order chi connectivity index (χ0) is 25.0. The van der Waals surface area contributed by atoms with Gasteiger partial charge in [-0.2, -0.15) is 0 Å². The molecule has 0 unspecified atom stereocenters. The Morgan fingerprint density at radius 1 is 1.09 bits per heavy atom. The topological polar surface area (TPSA) is 129 Å². The van der Waals surface area contributed by atoms with Gasteiger partial charge in [-0.05, 0) is 61.8 Å². The maximum Gasteiger partial charge on any atom is 0.304 e. The number of carbonyl (C=O) groups is 2. The minimum atomic E-state index is -0.944. The zero-order valence-electron chi connectivity index (χ0n) is 20.1. The van der Waals surface area contributed by atoms with Crippen LogP contribution in [0.2, 0.25) is 0 Å². The van der Waals surface area contributed by atoms with E-state index in [9.17, 15) is 14.7 Å². The third kappa shape index (κ3) is 8.63. The highest BCUT2D eigenvalue weighted by Crippen LogP contribution is 2.29. The molecule has 0 spiro atoms. The number of hydrogen-bond acceptors (Lipinski definition) is 4. The zero-order valence-corrected chi connectivity index (χ0v) is 20.1. The van der Waals surface area contributed by atoms with Crippen LogP contribution in [0.4, 0.5) is 0 Å². The lowest BCUT2D eigenvalue weighted by Gasteiger charge is -2.25. The van der Waals surface area contributed by atoms with E-state index in [2.05, 4.69) is 23.5 Å². The van der Waals surface area contributed by atoms with Crippen molar-refractivity contribution in [1.82, 2.24) is 10.2 Å². The van der Waals surface area contributed by atoms with E-state index in [4.69, 9.17) is 15.9 Å². The van der Waals surface area contributed by atoms with Crippen molar-refractivity contribution in [2.24, 2.45) is 11.7 Å². The minimum Gasteiger partial charge on any atom is -0.491 e. The lowest BCUT2D eigenvalue weighted by Crippen LogP contribution is -2.38. The molecule has 3 rings (SSSR count). The molecule has 0 bridgehead atoms. The molecule has 1 fully saturated rings. The Bertz CT molecular complexity index is 982. The van der Waals surface area contributed by atoms with E-state index in [1.165, 1.54) is 5.56 Å². The molecule has 8 heteroatoms. The number of hydrogen-bond donors (Lipinski definition) is 4. The van der Waals surface area contributed by atoms with Crippen LogP contribution in [0.25, 0.3) is 0 Å². The fourth-order valence-corrected chi connectivity index (χ4v) is 4.56. The Balaban J connectivity index is 1.54. The summed E-state index contributed by atoms with van der Waals surface area (Å²) in [6.07, 6.45) is 4.82. The van der Waals surface area contributed by atoms with Crippen LogP contribution in [0.1, 0.15) is 43.2 Å². The fraction of sp³-hybridized carbons (Fsp3) is 0.444. The van der Waals surface area contributed by atoms with Crippen LogP contribution in [0, 0.1) is 11.3 Å². The molecular weight excluding hydrogens is 444 g/mol. The van der Waals surface area contributed by atoms with Crippen molar-refractivity contribution in [2.75, 3.05) is 19.7 Å². The number of nitrogens with zero attached hydrogens (tertiary/aromatic N) is 1. The lowest BCUT2D eigenvalue weighted by molar-refractivity contribution is -0.142. The number of benzene rings is 2. The first-order chi connectivity index (χ1) is 16.9. The van der Waals surface area contributed by atoms with Gasteiger partial charge in [-0.1, -0.05) is 42.5 Å². The maximum atomic E-state index is 13.0. The Hall–Kier alpha value is -3.55. The Morgan fingerprint density at radius 2 is 1.83 bits per heavy atom. The molecule has 1 amide bonds. The molecule has 2 aromatic rings. The number of aliphatic carboxylic acids is 1. The second kappa shape index (κ2) is 13.4. The number of nitrogens with two attached hydrogens (primary N) is 1. The number of guanidine groups is 1. The van der Waals surface area contributed by atoms with E-state index >= 15 is 0 Å². The summed E-state index contributed by atoms with van der Waals surface area (Å²) in [6.45, 7) is 1.62. The van der Waals surface area contributed by atoms with Gasteiger partial charge in [0.15, 0.2) is 5.96 Å². The van der Waals surface area contributed by atoms with Gasteiger partial charge in [-0.25, -0.2) is 0 Å². The van der Waals surface area contributed by atoms with Gasteiger partial charge in [0.25, 0.3) is 0 Å². The monoisotopic (exact) mass is 480 g/mol. The number of aryl methyl sites for hydroxylation is 2. The summed E-state index contributed by atoms with van der Waals surface area (Å²) < 4.78 is 6.09. The second-order valence-corrected chi connectivity index (χ2v) is 9.06. The molecule has 0 aliphatic carbocycles. The summed E-state index contributed by atoms with van der Waals surface area (Å²) in [7, 11) is 0. The van der Waals surface area contributed by atoms with Crippen molar-refractivity contribution in [3.05, 3.63) is 65.7 Å². The average Bonchev–Trinajstić information content (AvgIpc) is 3.12. The SMILES string of the molecule is N=C(N)NCCCCc1cccc(OC[C@@H]2C[C@@H](CC(=O)O)C(=O)N2CCCc2ccccc2)c1. The number of rotatable bonds is 14. The van der Waals surface area contributed by atoms with Crippen LogP contribution in [0.5, 0.6) is 5.75 Å². The van der Waals surface area contributed by atoms with Crippen LogP contribution in [0.15, 0.2) is 54.6 Å². The van der Waals surface area contributed by atoms with Crippen LogP contribution in [0.3, 0.4) is 0 Å². The molecule has 8 nitrogen and oxygen atoms in total. The van der Waals surface area contributed by atoms with E-state index in [0.717, 1.165) is 43.4 Å². The largest absolute Gasteiger partial charge is 0.491 e. The number of carboxylic acids is 1. The van der Waals surface area contributed by atoms with Gasteiger partial charge in [0.2, 0.25) is 5.91 Å². The number of unbranched alkanes of at least 4 members (excludes halogenated alkanes) is 1. The summed E-state index contributed by atoms with van der Waals surface area (Å²) in [5.74, 6) is -0.775. The molecule has 0 radical (unpaired) electrons. The minimum absolute atomic E-state index is 0.00880. The predicted octanol–water partition coefficient (Wildman–Crippen LogP) is 3.20. The maximum absolute atomic E-state index is 13.0. The van der Waals surface area contributed by atoms with E-state index in [1.807, 2.05) is 41.3 Å². The average molecular weight is 481 g/mol. The number of carboxylic acid groups (broad SMARTS) is 1. The number of amides is 1. The number of nitrogens with one attached hydrogen (secondary N) is 2. The molecule has 2 atom stereocenters. The number of likely N-dealkylation sites (tertiary alicyclic amines) is 1. The van der Waals surface area contributed by atoms with E-state index in [-0.39, 0.29) is 24.3 Å². The van der Waals surface area contributed by atoms with Gasteiger partial charge >= 0.3 is 5.97 Å². The molecule has 188 valence electrons. The summed E-state index contributed by atoms with van der Waals surface area (Å²) in [4.78, 5) is 26.0. The molecule has 1 aliphatic rings. The highest BCUT2D eigenvalue weighted by molar-refractivity contribution is 5.85. The quantitative estimate of drug-likeness (QED) is 0.187. The van der Waals surface area contributed by atoms with Gasteiger partial charge < -0.3 is 25.8 Å². The third-order valence-corrected chi connectivity index (χ3v) is 6.31. The predicted molar refractivity (Wildman–Crippen MR) is 135 cm³/mol. The molecule has 1 heterocycles. The van der Waals surface area contributed by atoms with Crippen molar-refractivity contribution >= 4 is 17.8 Å². The first-order valence-electron chi connectivity index (χ1n) is 12.3. The highest BCUT2D eigenvalue weighted by Gasteiger charge is 2.40. The summed E-state index contributed by atoms with van der Waals surface area (Å²) in [5.41, 5.74) is 7.68. The normalized spacial score (nSPS) is 17.4. The van der Waals surface area contributed by atoms with E-state index < -0.39 is 11.9 Å². The van der Waals surface area contributed by atoms with Gasteiger partial charge in [0.1, 0.15) is 12.4 Å². The Kier molecular flexibility index (Phi) is 9.95. The molecule has 1 saturated heterocycles. The van der Waals surface area contributed by atoms with Crippen LogP contribution in [-0.4, -0.2) is 53.6 Å². The first-order valence-corrected chi connectivity index (χ1v) is 12.3. The summed E-state index contributed by atoms with van der Waals surface area (Å²) >= 11 is 0. The molecule has 1 aliphatic heterocycles. The molecule has 5 N–H and O–H groups in total. The Morgan fingerprint density at radius 3 is 2.57 bits per heavy atom. The van der Waals surface area contributed by atoms with Crippen molar-refractivity contribution in [1.29, 1.82) is 5.41 Å². The number of ether oxygens (including phenoxy) is 1. The fourth-order valence-electron chi connectivity index (χ4n) is 4.56. The van der Waals surface area contributed by atoms with Crippen LogP contribution in [-0.2, 0) is 22.4 Å². The molecular formula is C27H36N4O4. The van der Waals surface area contributed by atoms with Crippen molar-refractivity contribution in [3.63, 3.8) is 0 Å². The van der Waals surface area contributed by atoms with Crippen molar-refractivity contribution in [3.8, 4) is 5.75 Å². The van der Waals surface area contributed by atoms with Crippen LogP contribution >= 0.6 is 0 Å². The van der Waals surface area contributed by atoms with E-state index in [1.54, 1.807) is 0 Å². The molecule has 0 saturated carbocycles. The number of carbonyl (C=O) groups excluding carboxylic acids is 1. The van der Waals surface area contributed by atoms with Crippen molar-refractivity contribution in [2.45, 2.75) is 51.0 Å². The van der Waals surface area contributed by atoms with Gasteiger partial charge in [0, 0.05) is 13.1 Å². The highest BCUT2D eigenvalue weighted by atomic mass is 16.5. The van der Waals surface area contributed by atoms with Crippen LogP contribution < -0.4 is 15.8 Å². The molecule has 2 aromatic carbocycles. The third-order valence-electron chi connectivity index (χ3n) is 6.31. The molecule has 35 heavy (non-hydrogen) atoms. The second-order valence-electron chi connectivity index (χ2n) is 9.06. The smallest absolute Gasteiger partial charge is 0.304 e. The van der Waals surface area contributed by atoms with Crippen molar-refractivity contribution < 1.29 is 19.4 Å². The Labute approximate surface area is 207 Å².